The van der Waals surface area contributed by atoms with E-state index in [0.29, 0.717) is 12.3 Å². The van der Waals surface area contributed by atoms with Gasteiger partial charge in [0.25, 0.3) is 0 Å². The average Bonchev–Trinajstić information content (AvgIpc) is 3.11. The maximum Gasteiger partial charge on any atom is 2.00 e. The van der Waals surface area contributed by atoms with Gasteiger partial charge in [0.15, 0.2) is 0 Å². The van der Waals surface area contributed by atoms with Crippen molar-refractivity contribution < 1.29 is 35.9 Å². The predicted molar refractivity (Wildman–Crippen MR) is 65.5 cm³/mol. The van der Waals surface area contributed by atoms with E-state index in [2.05, 4.69) is 19.2 Å². The summed E-state index contributed by atoms with van der Waals surface area (Å²) in [4.78, 5) is 12.2. The SMILES string of the molecule is [CH2-]CC([CH2-])NC(=O)C1(C2CCCCC2)CC1.[U+2]. The molecule has 2 aliphatic carbocycles. The first-order chi connectivity index (χ1) is 7.69. The minimum Gasteiger partial charge on any atom is -0.385 e. The van der Waals surface area contributed by atoms with E-state index in [4.69, 9.17) is 0 Å². The van der Waals surface area contributed by atoms with Crippen molar-refractivity contribution in [1.82, 2.24) is 5.32 Å². The molecule has 2 saturated carbocycles. The van der Waals surface area contributed by atoms with Crippen LogP contribution in [-0.2, 0) is 4.79 Å². The van der Waals surface area contributed by atoms with Gasteiger partial charge in [-0.3, -0.25) is 4.79 Å². The van der Waals surface area contributed by atoms with Gasteiger partial charge in [0.05, 0.1) is 5.41 Å². The van der Waals surface area contributed by atoms with Crippen LogP contribution in [0.3, 0.4) is 0 Å². The number of hydrogen-bond donors (Lipinski definition) is 1. The second-order valence-electron chi connectivity index (χ2n) is 5.45. The van der Waals surface area contributed by atoms with Gasteiger partial charge in [-0.2, -0.15) is 6.42 Å². The number of carbonyl (C=O) groups is 1. The Balaban J connectivity index is 0.00000144. The molecular formula is C14H23NOU. The van der Waals surface area contributed by atoms with E-state index in [1.54, 1.807) is 0 Å². The molecule has 0 bridgehead atoms. The third-order valence-electron chi connectivity index (χ3n) is 4.31. The van der Waals surface area contributed by atoms with Gasteiger partial charge in [0, 0.05) is 0 Å². The Morgan fingerprint density at radius 1 is 1.29 bits per heavy atom. The summed E-state index contributed by atoms with van der Waals surface area (Å²) < 4.78 is 0. The largest absolute Gasteiger partial charge is 2.00 e. The number of nitrogens with one attached hydrogen (secondary N) is 1. The maximum absolute atomic E-state index is 12.2. The van der Waals surface area contributed by atoms with Crippen LogP contribution in [0.1, 0.15) is 51.4 Å². The summed E-state index contributed by atoms with van der Waals surface area (Å²) in [6.07, 6.45) is 9.32. The Hall–Kier alpha value is 0.522. The van der Waals surface area contributed by atoms with Crippen LogP contribution in [-0.4, -0.2) is 11.9 Å². The van der Waals surface area contributed by atoms with Crippen LogP contribution in [0.5, 0.6) is 0 Å². The summed E-state index contributed by atoms with van der Waals surface area (Å²) in [6.45, 7) is 7.66. The van der Waals surface area contributed by atoms with E-state index in [1.165, 1.54) is 32.1 Å². The Morgan fingerprint density at radius 2 is 1.88 bits per heavy atom. The van der Waals surface area contributed by atoms with Crippen LogP contribution in [0.15, 0.2) is 0 Å². The molecule has 1 atom stereocenters. The average molecular weight is 459 g/mol. The van der Waals surface area contributed by atoms with E-state index < -0.39 is 0 Å². The van der Waals surface area contributed by atoms with E-state index in [1.807, 2.05) is 0 Å². The van der Waals surface area contributed by atoms with Gasteiger partial charge in [-0.1, -0.05) is 19.3 Å². The summed E-state index contributed by atoms with van der Waals surface area (Å²) in [5.41, 5.74) is -0.00840. The Labute approximate surface area is 129 Å². The van der Waals surface area contributed by atoms with E-state index in [9.17, 15) is 4.79 Å². The Bertz CT molecular complexity index is 257. The molecule has 0 radical (unpaired) electrons. The number of rotatable bonds is 4. The van der Waals surface area contributed by atoms with Crippen LogP contribution in [0.2, 0.25) is 0 Å². The van der Waals surface area contributed by atoms with Crippen molar-refractivity contribution in [2.24, 2.45) is 11.3 Å². The van der Waals surface area contributed by atoms with Gasteiger partial charge in [-0.05, 0) is 31.6 Å². The Kier molecular flexibility index (Phi) is 6.07. The zero-order valence-corrected chi connectivity index (χ0v) is 14.8. The van der Waals surface area contributed by atoms with Crippen LogP contribution in [0, 0.1) is 56.3 Å². The van der Waals surface area contributed by atoms with Crippen molar-refractivity contribution in [3.8, 4) is 0 Å². The summed E-state index contributed by atoms with van der Waals surface area (Å²) in [6, 6.07) is -0.0198. The summed E-state index contributed by atoms with van der Waals surface area (Å²) in [5.74, 6) is 0.890. The first-order valence-corrected chi connectivity index (χ1v) is 6.62. The van der Waals surface area contributed by atoms with Crippen LogP contribution in [0.25, 0.3) is 0 Å². The zero-order valence-electron chi connectivity index (χ0n) is 10.6. The first-order valence-electron chi connectivity index (χ1n) is 6.62. The van der Waals surface area contributed by atoms with E-state index in [-0.39, 0.29) is 48.5 Å². The van der Waals surface area contributed by atoms with Gasteiger partial charge in [0.1, 0.15) is 0 Å². The minimum absolute atomic E-state index is 0. The molecule has 17 heavy (non-hydrogen) atoms. The molecule has 0 saturated heterocycles. The second kappa shape index (κ2) is 6.62. The van der Waals surface area contributed by atoms with Gasteiger partial charge in [-0.25, -0.2) is 0 Å². The molecule has 1 unspecified atom stereocenters. The first kappa shape index (κ1) is 15.6. The summed E-state index contributed by atoms with van der Waals surface area (Å²) in [5, 5.41) is 3.02. The fraction of sp³-hybridized carbons (Fsp3) is 0.786. The maximum atomic E-state index is 12.2. The molecule has 0 heterocycles. The molecule has 1 N–H and O–H groups in total. The predicted octanol–water partition coefficient (Wildman–Crippen LogP) is 2.89. The Morgan fingerprint density at radius 3 is 2.35 bits per heavy atom. The van der Waals surface area contributed by atoms with Gasteiger partial charge in [0.2, 0.25) is 5.91 Å². The fourth-order valence-corrected chi connectivity index (χ4v) is 3.01. The standard InChI is InChI=1S/C14H23NO.U/c1-3-11(2)15-13(16)14(9-10-14)12-7-5-4-6-8-12;/h11-12H,1-10H2,(H,15,16);/q-2;+2. The van der Waals surface area contributed by atoms with Gasteiger partial charge >= 0.3 is 31.1 Å². The van der Waals surface area contributed by atoms with Gasteiger partial charge in [-0.15, -0.1) is 6.04 Å². The molecule has 3 heteroatoms. The van der Waals surface area contributed by atoms with Crippen molar-refractivity contribution in [3.63, 3.8) is 0 Å². The van der Waals surface area contributed by atoms with E-state index in [0.717, 1.165) is 12.8 Å². The van der Waals surface area contributed by atoms with E-state index >= 15 is 0 Å². The number of hydrogen-bond acceptors (Lipinski definition) is 1. The van der Waals surface area contributed by atoms with Crippen molar-refractivity contribution in [3.05, 3.63) is 13.8 Å². The van der Waals surface area contributed by atoms with Crippen molar-refractivity contribution in [2.75, 3.05) is 0 Å². The molecule has 0 aromatic carbocycles. The number of carbonyl (C=O) groups excluding carboxylic acids is 1. The third-order valence-corrected chi connectivity index (χ3v) is 4.31. The van der Waals surface area contributed by atoms with Gasteiger partial charge < -0.3 is 19.2 Å². The molecule has 0 aromatic heterocycles. The monoisotopic (exact) mass is 459 g/mol. The molecule has 0 aromatic rings. The molecule has 1 amide bonds. The molecule has 2 nitrogen and oxygen atoms in total. The topological polar surface area (TPSA) is 29.1 Å². The van der Waals surface area contributed by atoms with Crippen molar-refractivity contribution in [1.29, 1.82) is 0 Å². The van der Waals surface area contributed by atoms with Crippen molar-refractivity contribution in [2.45, 2.75) is 57.4 Å². The molecule has 0 aliphatic heterocycles. The summed E-state index contributed by atoms with van der Waals surface area (Å²) >= 11 is 0. The zero-order chi connectivity index (χ0) is 11.6. The molecule has 2 aliphatic rings. The van der Waals surface area contributed by atoms with Crippen molar-refractivity contribution >= 4 is 5.91 Å². The fourth-order valence-electron chi connectivity index (χ4n) is 3.01. The smallest absolute Gasteiger partial charge is 0.385 e. The molecule has 94 valence electrons. The third kappa shape index (κ3) is 3.51. The molecular weight excluding hydrogens is 436 g/mol. The molecule has 2 rings (SSSR count). The molecule has 0 spiro atoms. The second-order valence-corrected chi connectivity index (χ2v) is 5.45. The summed E-state index contributed by atoms with van der Waals surface area (Å²) in [7, 11) is 0. The molecule has 2 fully saturated rings. The normalized spacial score (nSPS) is 24.6. The van der Waals surface area contributed by atoms with Crippen LogP contribution < -0.4 is 5.32 Å². The minimum atomic E-state index is -0.0198. The quantitative estimate of drug-likeness (QED) is 0.644. The van der Waals surface area contributed by atoms with Crippen LogP contribution >= 0.6 is 0 Å². The number of amides is 1. The van der Waals surface area contributed by atoms with Crippen LogP contribution in [0.4, 0.5) is 0 Å².